The van der Waals surface area contributed by atoms with Gasteiger partial charge in [0.2, 0.25) is 5.72 Å². The van der Waals surface area contributed by atoms with Crippen molar-refractivity contribution in [3.05, 3.63) is 53.9 Å². The zero-order valence-electron chi connectivity index (χ0n) is 15.8. The van der Waals surface area contributed by atoms with Crippen molar-refractivity contribution in [1.82, 2.24) is 15.2 Å². The third kappa shape index (κ3) is 2.43. The number of amides is 2. The summed E-state index contributed by atoms with van der Waals surface area (Å²) in [5.74, 6) is -1.32. The van der Waals surface area contributed by atoms with Gasteiger partial charge in [-0.1, -0.05) is 38.1 Å². The van der Waals surface area contributed by atoms with Gasteiger partial charge in [0.15, 0.2) is 0 Å². The summed E-state index contributed by atoms with van der Waals surface area (Å²) < 4.78 is 0. The maximum Gasteiger partial charge on any atom is 0.280 e. The van der Waals surface area contributed by atoms with Crippen molar-refractivity contribution >= 4 is 28.8 Å². The summed E-state index contributed by atoms with van der Waals surface area (Å²) in [6, 6.07) is 7.70. The molecule has 2 aliphatic heterocycles. The predicted octanol–water partition coefficient (Wildman–Crippen LogP) is 1.38. The fraction of sp³-hybridized carbons (Fsp3) is 0.333. The lowest BCUT2D eigenvalue weighted by Crippen LogP contribution is -2.67. The van der Waals surface area contributed by atoms with Gasteiger partial charge in [-0.3, -0.25) is 14.5 Å². The third-order valence-electron chi connectivity index (χ3n) is 5.75. The van der Waals surface area contributed by atoms with Crippen LogP contribution in [0.3, 0.4) is 0 Å². The molecule has 2 saturated heterocycles. The van der Waals surface area contributed by atoms with E-state index in [0.717, 1.165) is 27.1 Å². The summed E-state index contributed by atoms with van der Waals surface area (Å²) in [7, 11) is 0. The summed E-state index contributed by atoms with van der Waals surface area (Å²) >= 11 is 0. The minimum atomic E-state index is -2.21. The van der Waals surface area contributed by atoms with Gasteiger partial charge in [-0.05, 0) is 18.6 Å². The van der Waals surface area contributed by atoms with E-state index in [4.69, 9.17) is 0 Å². The number of aromatic nitrogens is 1. The highest BCUT2D eigenvalue weighted by Gasteiger charge is 2.58. The van der Waals surface area contributed by atoms with Crippen molar-refractivity contribution in [1.29, 1.82) is 0 Å². The number of aliphatic hydroxyl groups is 2. The Kier molecular flexibility index (Phi) is 3.99. The Hall–Kier alpha value is -2.90. The fourth-order valence-electron chi connectivity index (χ4n) is 3.91. The maximum absolute atomic E-state index is 12.9. The number of nitrogens with zero attached hydrogens (tertiary/aromatic N) is 1. The minimum absolute atomic E-state index is 0.0645. The lowest BCUT2D eigenvalue weighted by molar-refractivity contribution is -0.185. The molecule has 4 rings (SSSR count). The van der Waals surface area contributed by atoms with Gasteiger partial charge in [0.05, 0.1) is 0 Å². The molecule has 2 aliphatic rings. The van der Waals surface area contributed by atoms with Gasteiger partial charge < -0.3 is 20.5 Å². The molecule has 28 heavy (non-hydrogen) atoms. The van der Waals surface area contributed by atoms with Crippen LogP contribution in [0.1, 0.15) is 31.5 Å². The van der Waals surface area contributed by atoms with Crippen LogP contribution in [-0.2, 0) is 15.0 Å². The molecule has 1 aromatic carbocycles. The van der Waals surface area contributed by atoms with Gasteiger partial charge >= 0.3 is 0 Å². The number of aromatic amines is 1. The van der Waals surface area contributed by atoms with Crippen LogP contribution in [0.5, 0.6) is 0 Å². The Bertz CT molecular complexity index is 1040. The molecule has 0 aliphatic carbocycles. The van der Waals surface area contributed by atoms with Crippen LogP contribution in [0.25, 0.3) is 17.0 Å². The summed E-state index contributed by atoms with van der Waals surface area (Å²) in [4.78, 5) is 29.9. The molecule has 146 valence electrons. The highest BCUT2D eigenvalue weighted by Crippen LogP contribution is 2.36. The summed E-state index contributed by atoms with van der Waals surface area (Å²) in [5, 5.41) is 23.9. The van der Waals surface area contributed by atoms with E-state index in [1.54, 1.807) is 6.08 Å². The number of hydrogen-bond acceptors (Lipinski definition) is 4. The number of benzene rings is 1. The number of aliphatic hydroxyl groups excluding tert-OH is 1. The Morgan fingerprint density at radius 2 is 2.04 bits per heavy atom. The third-order valence-corrected chi connectivity index (χ3v) is 5.75. The van der Waals surface area contributed by atoms with Crippen molar-refractivity contribution in [2.75, 3.05) is 6.54 Å². The molecule has 7 nitrogen and oxygen atoms in total. The molecule has 7 heteroatoms. The largest absolute Gasteiger partial charge is 0.387 e. The number of H-pyrrole nitrogens is 1. The first-order chi connectivity index (χ1) is 13.2. The Balaban J connectivity index is 1.87. The average Bonchev–Trinajstić information content (AvgIpc) is 3.19. The number of rotatable bonds is 3. The quantitative estimate of drug-likeness (QED) is 0.476. The summed E-state index contributed by atoms with van der Waals surface area (Å²) in [6.07, 6.45) is 2.28. The Labute approximate surface area is 162 Å². The van der Waals surface area contributed by atoms with Crippen LogP contribution < -0.4 is 5.32 Å². The molecule has 0 unspecified atom stereocenters. The molecule has 2 fully saturated rings. The van der Waals surface area contributed by atoms with Gasteiger partial charge in [-0.2, -0.15) is 0 Å². The SMILES string of the molecule is C=CC(C)(C)c1[nH]c2ccccc2c1/C=C1\NC(=O)[C@@]2(O)[C@@H](O)CCN2C1=O. The molecule has 1 aromatic heterocycles. The molecule has 0 saturated carbocycles. The second-order valence-electron chi connectivity index (χ2n) is 7.88. The predicted molar refractivity (Wildman–Crippen MR) is 105 cm³/mol. The lowest BCUT2D eigenvalue weighted by atomic mass is 9.86. The van der Waals surface area contributed by atoms with Gasteiger partial charge in [0.25, 0.3) is 11.8 Å². The standard InChI is InChI=1S/C21H23N3O4/c1-4-20(2,3)17-13(12-7-5-6-8-14(12)22-17)11-15-18(26)24-10-9-16(25)21(24,28)19(27)23-15/h4-8,11,16,22,25,28H,1,9-10H2,2-3H3,(H,23,27)/b15-11-/t16-,21-/m0/s1. The number of nitrogens with one attached hydrogen (secondary N) is 2. The molecule has 4 N–H and O–H groups in total. The minimum Gasteiger partial charge on any atom is -0.387 e. The molecule has 0 bridgehead atoms. The number of carbonyl (C=O) groups excluding carboxylic acids is 2. The molecule has 0 radical (unpaired) electrons. The van der Waals surface area contributed by atoms with Crippen LogP contribution in [0.2, 0.25) is 0 Å². The number of para-hydroxylation sites is 1. The van der Waals surface area contributed by atoms with Crippen LogP contribution in [-0.4, -0.2) is 50.3 Å². The smallest absolute Gasteiger partial charge is 0.280 e. The molecule has 2 atom stereocenters. The normalized spacial score (nSPS) is 26.6. The van der Waals surface area contributed by atoms with E-state index in [2.05, 4.69) is 16.9 Å². The molecule has 2 amide bonds. The van der Waals surface area contributed by atoms with Crippen molar-refractivity contribution in [3.8, 4) is 0 Å². The molecule has 3 heterocycles. The van der Waals surface area contributed by atoms with Crippen molar-refractivity contribution in [3.63, 3.8) is 0 Å². The zero-order chi connectivity index (χ0) is 20.3. The Morgan fingerprint density at radius 1 is 1.32 bits per heavy atom. The number of fused-ring (bicyclic) bond motifs is 2. The zero-order valence-corrected chi connectivity index (χ0v) is 15.8. The van der Waals surface area contributed by atoms with Crippen LogP contribution in [0, 0.1) is 0 Å². The van der Waals surface area contributed by atoms with Gasteiger partial charge in [0.1, 0.15) is 11.8 Å². The van der Waals surface area contributed by atoms with Crippen LogP contribution in [0.15, 0.2) is 42.6 Å². The fourth-order valence-corrected chi connectivity index (χ4v) is 3.91. The first-order valence-corrected chi connectivity index (χ1v) is 9.20. The van der Waals surface area contributed by atoms with Gasteiger partial charge in [0, 0.05) is 34.1 Å². The molecule has 0 spiro atoms. The van der Waals surface area contributed by atoms with E-state index in [1.807, 2.05) is 44.2 Å². The van der Waals surface area contributed by atoms with E-state index in [0.29, 0.717) is 0 Å². The molecular weight excluding hydrogens is 358 g/mol. The van der Waals surface area contributed by atoms with Crippen molar-refractivity contribution in [2.45, 2.75) is 37.5 Å². The van der Waals surface area contributed by atoms with Crippen LogP contribution >= 0.6 is 0 Å². The number of allylic oxidation sites excluding steroid dienone is 1. The van der Waals surface area contributed by atoms with E-state index < -0.39 is 29.1 Å². The second-order valence-corrected chi connectivity index (χ2v) is 7.88. The lowest BCUT2D eigenvalue weighted by Gasteiger charge is -2.38. The average molecular weight is 381 g/mol. The number of piperazine rings is 1. The van der Waals surface area contributed by atoms with Gasteiger partial charge in [-0.15, -0.1) is 6.58 Å². The number of hydrogen-bond donors (Lipinski definition) is 4. The summed E-state index contributed by atoms with van der Waals surface area (Å²) in [6.45, 7) is 8.03. The van der Waals surface area contributed by atoms with Crippen molar-refractivity contribution in [2.24, 2.45) is 0 Å². The number of carbonyl (C=O) groups is 2. The van der Waals surface area contributed by atoms with E-state index >= 15 is 0 Å². The summed E-state index contributed by atoms with van der Waals surface area (Å²) in [5.41, 5.74) is -0.0123. The maximum atomic E-state index is 12.9. The first kappa shape index (κ1) is 18.5. The highest BCUT2D eigenvalue weighted by molar-refractivity contribution is 6.10. The van der Waals surface area contributed by atoms with E-state index in [1.165, 1.54) is 0 Å². The monoisotopic (exact) mass is 381 g/mol. The second kappa shape index (κ2) is 6.05. The highest BCUT2D eigenvalue weighted by atomic mass is 16.4. The Morgan fingerprint density at radius 3 is 2.75 bits per heavy atom. The molecule has 2 aromatic rings. The first-order valence-electron chi connectivity index (χ1n) is 9.20. The topological polar surface area (TPSA) is 106 Å². The van der Waals surface area contributed by atoms with E-state index in [-0.39, 0.29) is 18.7 Å². The van der Waals surface area contributed by atoms with Crippen molar-refractivity contribution < 1.29 is 19.8 Å². The van der Waals surface area contributed by atoms with E-state index in [9.17, 15) is 19.8 Å². The van der Waals surface area contributed by atoms with Crippen LogP contribution in [0.4, 0.5) is 0 Å². The molecular formula is C21H23N3O4. The van der Waals surface area contributed by atoms with Gasteiger partial charge in [-0.25, -0.2) is 0 Å².